The molecule has 29 heavy (non-hydrogen) atoms. The van der Waals surface area contributed by atoms with Crippen LogP contribution in [-0.2, 0) is 17.6 Å². The predicted octanol–water partition coefficient (Wildman–Crippen LogP) is 4.02. The topological polar surface area (TPSA) is 93.7 Å². The van der Waals surface area contributed by atoms with Gasteiger partial charge in [-0.3, -0.25) is 14.9 Å². The first-order chi connectivity index (χ1) is 13.9. The van der Waals surface area contributed by atoms with Gasteiger partial charge in [-0.15, -0.1) is 11.3 Å². The smallest absolute Gasteiger partial charge is 0.414 e. The number of ether oxygens (including phenoxy) is 2. The Bertz CT molecular complexity index is 937. The Morgan fingerprint density at radius 3 is 2.76 bits per heavy atom. The van der Waals surface area contributed by atoms with Crippen LogP contribution in [0, 0.1) is 5.92 Å². The molecule has 3 amide bonds. The zero-order valence-electron chi connectivity index (χ0n) is 16.7. The number of imide groups is 1. The molecule has 0 saturated carbocycles. The van der Waals surface area contributed by atoms with Gasteiger partial charge in [0.1, 0.15) is 10.8 Å². The number of fused-ring (bicyclic) bond motifs is 1. The van der Waals surface area contributed by atoms with Gasteiger partial charge in [-0.05, 0) is 55.9 Å². The molecule has 7 nitrogen and oxygen atoms in total. The Kier molecular flexibility index (Phi) is 6.53. The normalized spacial score (nSPS) is 15.2. The number of hydrogen-bond donors (Lipinski definition) is 2. The number of carbonyl (C=O) groups excluding carboxylic acids is 3. The Morgan fingerprint density at radius 2 is 2.03 bits per heavy atom. The zero-order valence-corrected chi connectivity index (χ0v) is 17.5. The summed E-state index contributed by atoms with van der Waals surface area (Å²) in [5.74, 6) is 0.165. The molecular formula is C21H24N2O5S. The van der Waals surface area contributed by atoms with Crippen molar-refractivity contribution in [2.45, 2.75) is 33.1 Å². The van der Waals surface area contributed by atoms with Crippen LogP contribution >= 0.6 is 11.3 Å². The number of hydrogen-bond acceptors (Lipinski definition) is 6. The molecule has 1 aliphatic carbocycles. The lowest BCUT2D eigenvalue weighted by molar-refractivity contribution is 0.0925. The largest absolute Gasteiger partial charge is 0.497 e. The summed E-state index contributed by atoms with van der Waals surface area (Å²) < 4.78 is 9.99. The standard InChI is InChI=1S/C21H24N2O5S/c1-4-28-21(26)23-19(25)17-15-9-8-12(2)10-16(15)29-20(17)22-18(24)13-6-5-7-14(11-13)27-3/h5-7,11-12H,4,8-10H2,1-3H3,(H,22,24)(H,23,25,26)/t12-/m1/s1. The molecule has 1 aromatic heterocycles. The van der Waals surface area contributed by atoms with Gasteiger partial charge in [0.05, 0.1) is 19.3 Å². The van der Waals surface area contributed by atoms with Crippen LogP contribution in [0.25, 0.3) is 0 Å². The highest BCUT2D eigenvalue weighted by molar-refractivity contribution is 7.17. The fraction of sp³-hybridized carbons (Fsp3) is 0.381. The second kappa shape index (κ2) is 9.09. The Morgan fingerprint density at radius 1 is 1.24 bits per heavy atom. The van der Waals surface area contributed by atoms with Crippen molar-refractivity contribution in [3.63, 3.8) is 0 Å². The van der Waals surface area contributed by atoms with E-state index in [1.807, 2.05) is 0 Å². The molecule has 1 atom stereocenters. The first-order valence-electron chi connectivity index (χ1n) is 9.51. The first kappa shape index (κ1) is 20.9. The molecule has 0 radical (unpaired) electrons. The first-order valence-corrected chi connectivity index (χ1v) is 10.3. The summed E-state index contributed by atoms with van der Waals surface area (Å²) in [7, 11) is 1.53. The van der Waals surface area contributed by atoms with E-state index in [0.29, 0.717) is 27.8 Å². The predicted molar refractivity (Wildman–Crippen MR) is 111 cm³/mol. The van der Waals surface area contributed by atoms with Gasteiger partial charge in [-0.1, -0.05) is 13.0 Å². The third-order valence-corrected chi connectivity index (χ3v) is 5.96. The summed E-state index contributed by atoms with van der Waals surface area (Å²) in [4.78, 5) is 38.4. The summed E-state index contributed by atoms with van der Waals surface area (Å²) in [6.45, 7) is 3.99. The van der Waals surface area contributed by atoms with Crippen molar-refractivity contribution in [2.24, 2.45) is 5.92 Å². The van der Waals surface area contributed by atoms with Gasteiger partial charge in [-0.2, -0.15) is 0 Å². The van der Waals surface area contributed by atoms with E-state index in [4.69, 9.17) is 9.47 Å². The van der Waals surface area contributed by atoms with Crippen LogP contribution in [-0.4, -0.2) is 31.6 Å². The average Bonchev–Trinajstić information content (AvgIpc) is 3.04. The highest BCUT2D eigenvalue weighted by atomic mass is 32.1. The van der Waals surface area contributed by atoms with E-state index in [1.165, 1.54) is 18.4 Å². The molecule has 2 aromatic rings. The van der Waals surface area contributed by atoms with E-state index >= 15 is 0 Å². The van der Waals surface area contributed by atoms with Crippen molar-refractivity contribution in [3.8, 4) is 5.75 Å². The van der Waals surface area contributed by atoms with Crippen molar-refractivity contribution in [2.75, 3.05) is 19.0 Å². The molecule has 0 fully saturated rings. The van der Waals surface area contributed by atoms with Gasteiger partial charge in [0.25, 0.3) is 11.8 Å². The van der Waals surface area contributed by atoms with E-state index in [2.05, 4.69) is 17.6 Å². The fourth-order valence-electron chi connectivity index (χ4n) is 3.34. The van der Waals surface area contributed by atoms with E-state index in [1.54, 1.807) is 31.2 Å². The minimum atomic E-state index is -0.799. The molecule has 0 saturated heterocycles. The van der Waals surface area contributed by atoms with E-state index in [9.17, 15) is 14.4 Å². The van der Waals surface area contributed by atoms with Crippen LogP contribution in [0.4, 0.5) is 9.80 Å². The van der Waals surface area contributed by atoms with E-state index in [-0.39, 0.29) is 12.5 Å². The van der Waals surface area contributed by atoms with Crippen molar-refractivity contribution in [1.29, 1.82) is 0 Å². The zero-order chi connectivity index (χ0) is 21.0. The summed E-state index contributed by atoms with van der Waals surface area (Å²) in [6.07, 6.45) is 1.72. The molecule has 1 heterocycles. The monoisotopic (exact) mass is 416 g/mol. The molecule has 0 spiro atoms. The van der Waals surface area contributed by atoms with Crippen molar-refractivity contribution in [3.05, 3.63) is 45.8 Å². The van der Waals surface area contributed by atoms with Gasteiger partial charge < -0.3 is 14.8 Å². The quantitative estimate of drug-likeness (QED) is 0.768. The van der Waals surface area contributed by atoms with Crippen molar-refractivity contribution < 1.29 is 23.9 Å². The summed E-state index contributed by atoms with van der Waals surface area (Å²) in [5.41, 5.74) is 1.66. The molecule has 0 aliphatic heterocycles. The van der Waals surface area contributed by atoms with Gasteiger partial charge >= 0.3 is 6.09 Å². The number of carbonyl (C=O) groups is 3. The lowest BCUT2D eigenvalue weighted by atomic mass is 9.88. The third-order valence-electron chi connectivity index (χ3n) is 4.79. The van der Waals surface area contributed by atoms with Crippen LogP contribution in [0.3, 0.4) is 0 Å². The van der Waals surface area contributed by atoms with E-state index < -0.39 is 12.0 Å². The highest BCUT2D eigenvalue weighted by Crippen LogP contribution is 2.40. The summed E-state index contributed by atoms with van der Waals surface area (Å²) >= 11 is 1.39. The lowest BCUT2D eigenvalue weighted by Crippen LogP contribution is -2.32. The summed E-state index contributed by atoms with van der Waals surface area (Å²) in [6, 6.07) is 6.78. The molecule has 1 aromatic carbocycles. The molecule has 2 N–H and O–H groups in total. The summed E-state index contributed by atoms with van der Waals surface area (Å²) in [5, 5.41) is 5.54. The van der Waals surface area contributed by atoms with Crippen LogP contribution in [0.15, 0.2) is 24.3 Å². The molecule has 0 unspecified atom stereocenters. The van der Waals surface area contributed by atoms with Crippen molar-refractivity contribution in [1.82, 2.24) is 5.32 Å². The maximum absolute atomic E-state index is 12.8. The van der Waals surface area contributed by atoms with Gasteiger partial charge in [0, 0.05) is 10.4 Å². The van der Waals surface area contributed by atoms with E-state index in [0.717, 1.165) is 29.7 Å². The number of benzene rings is 1. The second-order valence-corrected chi connectivity index (χ2v) is 8.02. The van der Waals surface area contributed by atoms with Crippen LogP contribution < -0.4 is 15.4 Å². The lowest BCUT2D eigenvalue weighted by Gasteiger charge is -2.18. The molecule has 3 rings (SSSR count). The SMILES string of the molecule is CCOC(=O)NC(=O)c1c(NC(=O)c2cccc(OC)c2)sc2c1CC[C@@H](C)C2. The second-order valence-electron chi connectivity index (χ2n) is 6.92. The van der Waals surface area contributed by atoms with Gasteiger partial charge in [-0.25, -0.2) is 4.79 Å². The van der Waals surface area contributed by atoms with Crippen LogP contribution in [0.1, 0.15) is 51.4 Å². The number of amides is 3. The number of anilines is 1. The molecule has 8 heteroatoms. The number of thiophene rings is 1. The Labute approximate surface area is 173 Å². The number of rotatable bonds is 5. The number of methoxy groups -OCH3 is 1. The Hall–Kier alpha value is -2.87. The maximum atomic E-state index is 12.8. The minimum Gasteiger partial charge on any atom is -0.497 e. The number of alkyl carbamates (subject to hydrolysis) is 1. The average molecular weight is 416 g/mol. The molecule has 0 bridgehead atoms. The van der Waals surface area contributed by atoms with Crippen LogP contribution in [0.5, 0.6) is 5.75 Å². The molecule has 154 valence electrons. The highest BCUT2D eigenvalue weighted by Gasteiger charge is 2.29. The van der Waals surface area contributed by atoms with Gasteiger partial charge in [0.15, 0.2) is 0 Å². The maximum Gasteiger partial charge on any atom is 0.414 e. The van der Waals surface area contributed by atoms with Crippen LogP contribution in [0.2, 0.25) is 0 Å². The van der Waals surface area contributed by atoms with Crippen molar-refractivity contribution >= 4 is 34.2 Å². The molecular weight excluding hydrogens is 392 g/mol. The minimum absolute atomic E-state index is 0.164. The molecule has 1 aliphatic rings. The number of nitrogens with one attached hydrogen (secondary N) is 2. The fourth-order valence-corrected chi connectivity index (χ4v) is 4.74. The Balaban J connectivity index is 1.91. The third kappa shape index (κ3) is 4.76. The van der Waals surface area contributed by atoms with Gasteiger partial charge in [0.2, 0.25) is 0 Å².